The van der Waals surface area contributed by atoms with Crippen LogP contribution in [0.5, 0.6) is 0 Å². The van der Waals surface area contributed by atoms with E-state index >= 15 is 0 Å². The molecule has 7 nitrogen and oxygen atoms in total. The van der Waals surface area contributed by atoms with E-state index in [2.05, 4.69) is 10.2 Å². The van der Waals surface area contributed by atoms with Crippen LogP contribution in [0.15, 0.2) is 24.4 Å². The third-order valence-electron chi connectivity index (χ3n) is 4.45. The van der Waals surface area contributed by atoms with Crippen LogP contribution in [-0.4, -0.2) is 40.9 Å². The maximum absolute atomic E-state index is 12.6. The second-order valence-corrected chi connectivity index (χ2v) is 6.89. The van der Waals surface area contributed by atoms with Gasteiger partial charge in [-0.05, 0) is 45.4 Å². The normalized spacial score (nSPS) is 16.6. The molecule has 1 aliphatic rings. The Bertz CT molecular complexity index is 843. The molecule has 1 aliphatic heterocycles. The Morgan fingerprint density at radius 3 is 2.62 bits per heavy atom. The molecule has 7 heteroatoms. The Labute approximate surface area is 152 Å². The van der Waals surface area contributed by atoms with E-state index in [-0.39, 0.29) is 18.1 Å². The van der Waals surface area contributed by atoms with Crippen LogP contribution < -0.4 is 9.80 Å². The first kappa shape index (κ1) is 18.0. The summed E-state index contributed by atoms with van der Waals surface area (Å²) >= 11 is 0. The Balaban J connectivity index is 2.11. The number of nitrogens with zero attached hydrogens (tertiary/aromatic N) is 3. The van der Waals surface area contributed by atoms with Crippen LogP contribution in [0.4, 0.5) is 16.2 Å². The first-order valence-corrected chi connectivity index (χ1v) is 8.72. The number of hydrogen-bond donors (Lipinski definition) is 1. The topological polar surface area (TPSA) is 78.5 Å². The van der Waals surface area contributed by atoms with Gasteiger partial charge in [-0.2, -0.15) is 5.10 Å². The molecule has 0 saturated carbocycles. The van der Waals surface area contributed by atoms with E-state index in [1.54, 1.807) is 16.0 Å². The molecule has 1 aromatic heterocycles. The van der Waals surface area contributed by atoms with Crippen LogP contribution in [0.2, 0.25) is 0 Å². The lowest BCUT2D eigenvalue weighted by atomic mass is 10.0. The van der Waals surface area contributed by atoms with Crippen molar-refractivity contribution < 1.29 is 14.3 Å². The molecule has 138 valence electrons. The molecule has 0 fully saturated rings. The Kier molecular flexibility index (Phi) is 4.71. The van der Waals surface area contributed by atoms with Crippen LogP contribution in [0, 0.1) is 6.92 Å². The van der Waals surface area contributed by atoms with Crippen molar-refractivity contribution in [1.29, 1.82) is 0 Å². The number of anilines is 2. The Morgan fingerprint density at radius 2 is 2.04 bits per heavy atom. The highest BCUT2D eigenvalue weighted by atomic mass is 16.6. The van der Waals surface area contributed by atoms with Crippen LogP contribution in [0.25, 0.3) is 11.1 Å². The number of aromatic amines is 1. The molecule has 0 radical (unpaired) electrons. The molecule has 1 aromatic carbocycles. The molecular formula is C19H24N4O3. The molecular weight excluding hydrogens is 332 g/mol. The number of benzene rings is 1. The molecule has 1 atom stereocenters. The van der Waals surface area contributed by atoms with Crippen molar-refractivity contribution in [3.05, 3.63) is 30.1 Å². The van der Waals surface area contributed by atoms with Gasteiger partial charge in [-0.1, -0.05) is 6.07 Å². The molecule has 26 heavy (non-hydrogen) atoms. The average molecular weight is 356 g/mol. The van der Waals surface area contributed by atoms with E-state index in [1.807, 2.05) is 45.9 Å². The van der Waals surface area contributed by atoms with Gasteiger partial charge >= 0.3 is 6.09 Å². The van der Waals surface area contributed by atoms with E-state index in [9.17, 15) is 9.59 Å². The van der Waals surface area contributed by atoms with Crippen molar-refractivity contribution in [2.75, 3.05) is 16.3 Å². The zero-order valence-corrected chi connectivity index (χ0v) is 15.7. The van der Waals surface area contributed by atoms with Gasteiger partial charge in [0.05, 0.1) is 29.7 Å². The molecule has 0 saturated heterocycles. The number of aromatic nitrogens is 2. The number of carbonyl (C=O) groups is 2. The fourth-order valence-electron chi connectivity index (χ4n) is 3.35. The largest absolute Gasteiger partial charge is 0.446 e. The number of rotatable bonds is 2. The molecule has 1 N–H and O–H groups in total. The van der Waals surface area contributed by atoms with Crippen molar-refractivity contribution >= 4 is 23.4 Å². The smallest absolute Gasteiger partial charge is 0.414 e. The third kappa shape index (κ3) is 3.16. The lowest BCUT2D eigenvalue weighted by molar-refractivity contribution is -0.117. The summed E-state index contributed by atoms with van der Waals surface area (Å²) in [5, 5.41) is 6.99. The number of carbonyl (C=O) groups excluding carboxylic acids is 2. The summed E-state index contributed by atoms with van der Waals surface area (Å²) in [7, 11) is 0. The molecule has 0 aliphatic carbocycles. The highest BCUT2D eigenvalue weighted by molar-refractivity contribution is 6.03. The van der Waals surface area contributed by atoms with E-state index in [4.69, 9.17) is 4.74 Å². The van der Waals surface area contributed by atoms with Crippen LogP contribution in [0.3, 0.4) is 0 Å². The monoisotopic (exact) mass is 356 g/mol. The first-order chi connectivity index (χ1) is 12.3. The first-order valence-electron chi connectivity index (χ1n) is 8.72. The molecule has 2 amide bonds. The number of H-pyrrole nitrogens is 1. The quantitative estimate of drug-likeness (QED) is 0.893. The van der Waals surface area contributed by atoms with E-state index in [0.29, 0.717) is 17.9 Å². The number of fused-ring (bicyclic) bond motifs is 1. The van der Waals surface area contributed by atoms with Gasteiger partial charge in [0.25, 0.3) is 0 Å². The molecule has 2 heterocycles. The number of nitrogens with one attached hydrogen (secondary N) is 1. The van der Waals surface area contributed by atoms with E-state index in [0.717, 1.165) is 16.8 Å². The maximum atomic E-state index is 12.6. The van der Waals surface area contributed by atoms with Gasteiger partial charge in [-0.3, -0.25) is 14.8 Å². The van der Waals surface area contributed by atoms with Crippen LogP contribution >= 0.6 is 0 Å². The van der Waals surface area contributed by atoms with Gasteiger partial charge in [0.2, 0.25) is 5.91 Å². The highest BCUT2D eigenvalue weighted by Gasteiger charge is 2.34. The molecule has 2 aromatic rings. The average Bonchev–Trinajstić information content (AvgIpc) is 2.98. The second kappa shape index (κ2) is 6.82. The fourth-order valence-corrected chi connectivity index (χ4v) is 3.35. The highest BCUT2D eigenvalue weighted by Crippen LogP contribution is 2.39. The van der Waals surface area contributed by atoms with E-state index < -0.39 is 6.09 Å². The minimum absolute atomic E-state index is 0.0529. The molecule has 0 bridgehead atoms. The Hall–Kier alpha value is -2.83. The number of aryl methyl sites for hydroxylation is 1. The van der Waals surface area contributed by atoms with Crippen LogP contribution in [0.1, 0.15) is 33.4 Å². The van der Waals surface area contributed by atoms with Crippen molar-refractivity contribution in [2.45, 2.75) is 46.8 Å². The Morgan fingerprint density at radius 1 is 1.31 bits per heavy atom. The summed E-state index contributed by atoms with van der Waals surface area (Å²) in [6.07, 6.45) is 1.13. The van der Waals surface area contributed by atoms with Gasteiger partial charge in [0.1, 0.15) is 0 Å². The number of amides is 2. The molecule has 0 spiro atoms. The maximum Gasteiger partial charge on any atom is 0.414 e. The number of hydrogen-bond acceptors (Lipinski definition) is 4. The SMILES string of the molecule is CC(=O)N1c2ccc(-c3cn[nH]c3C)cc2N(C(=O)OC(C)C)C[C@@H]1C. The zero-order chi connectivity index (χ0) is 19.0. The zero-order valence-electron chi connectivity index (χ0n) is 15.7. The fraction of sp³-hybridized carbons (Fsp3) is 0.421. The molecule has 0 unspecified atom stereocenters. The van der Waals surface area contributed by atoms with Gasteiger partial charge in [-0.15, -0.1) is 0 Å². The van der Waals surface area contributed by atoms with Crippen LogP contribution in [-0.2, 0) is 9.53 Å². The van der Waals surface area contributed by atoms with Gasteiger partial charge in [0.15, 0.2) is 0 Å². The summed E-state index contributed by atoms with van der Waals surface area (Å²) in [6, 6.07) is 5.60. The summed E-state index contributed by atoms with van der Waals surface area (Å²) in [5.74, 6) is -0.0529. The van der Waals surface area contributed by atoms with E-state index in [1.165, 1.54) is 6.92 Å². The standard InChI is InChI=1S/C19H24N4O3/c1-11(2)26-19(25)22-10-12(3)23(14(5)24)17-7-6-15(8-18(17)22)16-9-20-21-13(16)4/h6-9,11-12H,10H2,1-5H3,(H,20,21)/t12-/m0/s1. The minimum Gasteiger partial charge on any atom is -0.446 e. The van der Waals surface area contributed by atoms with Crippen molar-refractivity contribution in [3.63, 3.8) is 0 Å². The summed E-state index contributed by atoms with van der Waals surface area (Å²) < 4.78 is 5.41. The predicted molar refractivity (Wildman–Crippen MR) is 100 cm³/mol. The summed E-state index contributed by atoms with van der Waals surface area (Å²) in [6.45, 7) is 9.42. The van der Waals surface area contributed by atoms with Crippen molar-refractivity contribution in [3.8, 4) is 11.1 Å². The minimum atomic E-state index is -0.405. The second-order valence-electron chi connectivity index (χ2n) is 6.89. The van der Waals surface area contributed by atoms with Crippen molar-refractivity contribution in [2.24, 2.45) is 0 Å². The summed E-state index contributed by atoms with van der Waals surface area (Å²) in [5.41, 5.74) is 4.20. The number of ether oxygens (including phenoxy) is 1. The van der Waals surface area contributed by atoms with Crippen molar-refractivity contribution in [1.82, 2.24) is 10.2 Å². The van der Waals surface area contributed by atoms with Gasteiger partial charge in [0, 0.05) is 24.7 Å². The van der Waals surface area contributed by atoms with Gasteiger partial charge < -0.3 is 9.64 Å². The predicted octanol–water partition coefficient (Wildman–Crippen LogP) is 3.49. The molecule has 3 rings (SSSR count). The van der Waals surface area contributed by atoms with Gasteiger partial charge in [-0.25, -0.2) is 4.79 Å². The summed E-state index contributed by atoms with van der Waals surface area (Å²) in [4.78, 5) is 28.1. The lowest BCUT2D eigenvalue weighted by Gasteiger charge is -2.40. The third-order valence-corrected chi connectivity index (χ3v) is 4.45. The lowest BCUT2D eigenvalue weighted by Crippen LogP contribution is -2.51.